The highest BCUT2D eigenvalue weighted by Crippen LogP contribution is 2.40. The van der Waals surface area contributed by atoms with E-state index in [2.05, 4.69) is 5.32 Å². The molecule has 0 spiro atoms. The average Bonchev–Trinajstić information content (AvgIpc) is 2.65. The molecule has 1 amide bonds. The zero-order valence-corrected chi connectivity index (χ0v) is 15.4. The molecule has 0 aliphatic carbocycles. The Morgan fingerprint density at radius 1 is 1.04 bits per heavy atom. The fourth-order valence-corrected chi connectivity index (χ4v) is 3.11. The molecule has 8 heteroatoms. The van der Waals surface area contributed by atoms with Gasteiger partial charge >= 0.3 is 5.97 Å². The molecule has 0 aliphatic heterocycles. The van der Waals surface area contributed by atoms with Gasteiger partial charge in [0.15, 0.2) is 11.5 Å². The van der Waals surface area contributed by atoms with Crippen LogP contribution in [0.3, 0.4) is 0 Å². The molecule has 26 heavy (non-hydrogen) atoms. The van der Waals surface area contributed by atoms with Gasteiger partial charge in [-0.3, -0.25) is 4.79 Å². The van der Waals surface area contributed by atoms with Gasteiger partial charge in [-0.05, 0) is 12.1 Å². The molecule has 2 rings (SSSR count). The second-order valence-corrected chi connectivity index (χ2v) is 6.07. The van der Waals surface area contributed by atoms with Crippen LogP contribution in [0, 0.1) is 0 Å². The first-order valence-electron chi connectivity index (χ1n) is 7.55. The number of hydrogen-bond donors (Lipinski definition) is 2. The number of methoxy groups -OCH3 is 3. The predicted molar refractivity (Wildman–Crippen MR) is 98.9 cm³/mol. The molecule has 2 aromatic rings. The van der Waals surface area contributed by atoms with Gasteiger partial charge in [-0.1, -0.05) is 12.1 Å². The molecular formula is C18H19NO6S. The van der Waals surface area contributed by atoms with Crippen LogP contribution in [0.25, 0.3) is 0 Å². The third-order valence-electron chi connectivity index (χ3n) is 3.42. The Balaban J connectivity index is 2.10. The number of rotatable bonds is 8. The molecule has 0 bridgehead atoms. The van der Waals surface area contributed by atoms with E-state index < -0.39 is 5.97 Å². The second kappa shape index (κ2) is 9.00. The lowest BCUT2D eigenvalue weighted by Gasteiger charge is -2.14. The number of aromatic carboxylic acids is 1. The van der Waals surface area contributed by atoms with E-state index in [1.54, 1.807) is 30.3 Å². The summed E-state index contributed by atoms with van der Waals surface area (Å²) < 4.78 is 15.7. The number of carbonyl (C=O) groups excluding carboxylic acids is 1. The highest BCUT2D eigenvalue weighted by atomic mass is 32.2. The SMILES string of the molecule is COc1cc(NC(=O)CSc2ccccc2C(=O)O)cc(OC)c1OC. The minimum absolute atomic E-state index is 0.0565. The number of thioether (sulfide) groups is 1. The van der Waals surface area contributed by atoms with Crippen LogP contribution in [0.4, 0.5) is 5.69 Å². The van der Waals surface area contributed by atoms with Crippen molar-refractivity contribution in [3.8, 4) is 17.2 Å². The molecule has 0 aromatic heterocycles. The Morgan fingerprint density at radius 3 is 2.19 bits per heavy atom. The second-order valence-electron chi connectivity index (χ2n) is 5.05. The van der Waals surface area contributed by atoms with E-state index >= 15 is 0 Å². The number of ether oxygens (including phenoxy) is 3. The van der Waals surface area contributed by atoms with Gasteiger partial charge in [0.1, 0.15) is 0 Å². The van der Waals surface area contributed by atoms with Crippen molar-refractivity contribution < 1.29 is 28.9 Å². The smallest absolute Gasteiger partial charge is 0.336 e. The van der Waals surface area contributed by atoms with Gasteiger partial charge in [-0.2, -0.15) is 0 Å². The normalized spacial score (nSPS) is 10.1. The number of carbonyl (C=O) groups is 2. The van der Waals surface area contributed by atoms with E-state index in [1.165, 1.54) is 27.4 Å². The minimum atomic E-state index is -1.03. The number of carboxylic acids is 1. The molecule has 7 nitrogen and oxygen atoms in total. The van der Waals surface area contributed by atoms with Crippen LogP contribution in [-0.4, -0.2) is 44.1 Å². The summed E-state index contributed by atoms with van der Waals surface area (Å²) in [5, 5.41) is 11.9. The van der Waals surface area contributed by atoms with Gasteiger partial charge < -0.3 is 24.6 Å². The minimum Gasteiger partial charge on any atom is -0.493 e. The van der Waals surface area contributed by atoms with Gasteiger partial charge in [0, 0.05) is 22.7 Å². The van der Waals surface area contributed by atoms with Crippen LogP contribution in [-0.2, 0) is 4.79 Å². The van der Waals surface area contributed by atoms with E-state index in [1.807, 2.05) is 0 Å². The van der Waals surface area contributed by atoms with E-state index in [4.69, 9.17) is 14.2 Å². The molecule has 0 heterocycles. The number of nitrogens with one attached hydrogen (secondary N) is 1. The standard InChI is InChI=1S/C18H19NO6S/c1-23-13-8-11(9-14(24-2)17(13)25-3)19-16(20)10-26-15-7-5-4-6-12(15)18(21)22/h4-9H,10H2,1-3H3,(H,19,20)(H,21,22). The van der Waals surface area contributed by atoms with Crippen molar-refractivity contribution in [1.29, 1.82) is 0 Å². The first-order chi connectivity index (χ1) is 12.5. The molecule has 0 saturated heterocycles. The highest BCUT2D eigenvalue weighted by molar-refractivity contribution is 8.00. The fraction of sp³-hybridized carbons (Fsp3) is 0.222. The van der Waals surface area contributed by atoms with Crippen molar-refractivity contribution in [2.24, 2.45) is 0 Å². The molecule has 0 saturated carbocycles. The zero-order chi connectivity index (χ0) is 19.1. The summed E-state index contributed by atoms with van der Waals surface area (Å²) in [5.41, 5.74) is 0.648. The molecule has 2 aromatic carbocycles. The van der Waals surface area contributed by atoms with Gasteiger partial charge in [-0.25, -0.2) is 4.79 Å². The van der Waals surface area contributed by atoms with E-state index in [0.717, 1.165) is 11.8 Å². The third-order valence-corrected chi connectivity index (χ3v) is 4.50. The molecule has 0 fully saturated rings. The van der Waals surface area contributed by atoms with Crippen LogP contribution >= 0.6 is 11.8 Å². The van der Waals surface area contributed by atoms with Crippen molar-refractivity contribution in [1.82, 2.24) is 0 Å². The predicted octanol–water partition coefficient (Wildman–Crippen LogP) is 3.14. The number of carboxylic acid groups (broad SMARTS) is 1. The van der Waals surface area contributed by atoms with Crippen LogP contribution in [0.1, 0.15) is 10.4 Å². The Bertz CT molecular complexity index is 783. The lowest BCUT2D eigenvalue weighted by molar-refractivity contribution is -0.113. The first kappa shape index (κ1) is 19.5. The number of amides is 1. The summed E-state index contributed by atoms with van der Waals surface area (Å²) in [6.07, 6.45) is 0. The van der Waals surface area contributed by atoms with Crippen LogP contribution in [0.2, 0.25) is 0 Å². The van der Waals surface area contributed by atoms with Crippen molar-refractivity contribution in [2.75, 3.05) is 32.4 Å². The summed E-state index contributed by atoms with van der Waals surface area (Å²) in [6, 6.07) is 9.78. The largest absolute Gasteiger partial charge is 0.493 e. The number of hydrogen-bond acceptors (Lipinski definition) is 6. The van der Waals surface area contributed by atoms with Gasteiger partial charge in [-0.15, -0.1) is 11.8 Å². The highest BCUT2D eigenvalue weighted by Gasteiger charge is 2.15. The topological polar surface area (TPSA) is 94.1 Å². The molecule has 0 atom stereocenters. The summed E-state index contributed by atoms with van der Waals surface area (Å²) in [4.78, 5) is 24.0. The Hall–Kier alpha value is -2.87. The monoisotopic (exact) mass is 377 g/mol. The maximum absolute atomic E-state index is 12.2. The van der Waals surface area contributed by atoms with Crippen LogP contribution in [0.15, 0.2) is 41.3 Å². The summed E-state index contributed by atoms with van der Waals surface area (Å²) >= 11 is 1.15. The maximum atomic E-state index is 12.2. The molecular weight excluding hydrogens is 358 g/mol. The maximum Gasteiger partial charge on any atom is 0.336 e. The lowest BCUT2D eigenvalue weighted by Crippen LogP contribution is -2.14. The van der Waals surface area contributed by atoms with E-state index in [0.29, 0.717) is 27.8 Å². The lowest BCUT2D eigenvalue weighted by atomic mass is 10.2. The van der Waals surface area contributed by atoms with Crippen molar-refractivity contribution >= 4 is 29.3 Å². The van der Waals surface area contributed by atoms with Crippen LogP contribution in [0.5, 0.6) is 17.2 Å². The molecule has 0 radical (unpaired) electrons. The summed E-state index contributed by atoms with van der Waals surface area (Å²) in [6.45, 7) is 0. The Kier molecular flexibility index (Phi) is 6.74. The molecule has 138 valence electrons. The van der Waals surface area contributed by atoms with Gasteiger partial charge in [0.2, 0.25) is 11.7 Å². The van der Waals surface area contributed by atoms with Gasteiger partial charge in [0.05, 0.1) is 32.6 Å². The Morgan fingerprint density at radius 2 is 1.65 bits per heavy atom. The van der Waals surface area contributed by atoms with Crippen LogP contribution < -0.4 is 19.5 Å². The fourth-order valence-electron chi connectivity index (χ4n) is 2.26. The first-order valence-corrected chi connectivity index (χ1v) is 8.53. The Labute approximate surface area is 155 Å². The van der Waals surface area contributed by atoms with Crippen molar-refractivity contribution in [3.63, 3.8) is 0 Å². The summed E-state index contributed by atoms with van der Waals surface area (Å²) in [5.74, 6) is 0.0124. The molecule has 0 unspecified atom stereocenters. The summed E-state index contributed by atoms with van der Waals surface area (Å²) in [7, 11) is 4.47. The number of anilines is 1. The number of benzene rings is 2. The quantitative estimate of drug-likeness (QED) is 0.683. The van der Waals surface area contributed by atoms with E-state index in [9.17, 15) is 14.7 Å². The molecule has 0 aliphatic rings. The van der Waals surface area contributed by atoms with Crippen molar-refractivity contribution in [2.45, 2.75) is 4.90 Å². The third kappa shape index (κ3) is 4.60. The zero-order valence-electron chi connectivity index (χ0n) is 14.6. The van der Waals surface area contributed by atoms with Crippen molar-refractivity contribution in [3.05, 3.63) is 42.0 Å². The average molecular weight is 377 g/mol. The molecule has 2 N–H and O–H groups in total. The van der Waals surface area contributed by atoms with E-state index in [-0.39, 0.29) is 17.2 Å². The van der Waals surface area contributed by atoms with Gasteiger partial charge in [0.25, 0.3) is 0 Å².